The molecule has 1 rings (SSSR count). The van der Waals surface area contributed by atoms with Gasteiger partial charge in [-0.3, -0.25) is 4.79 Å². The van der Waals surface area contributed by atoms with Crippen molar-refractivity contribution in [1.29, 1.82) is 0 Å². The molecule has 4 nitrogen and oxygen atoms in total. The fraction of sp³-hybridized carbons (Fsp3) is 0.500. The topological polar surface area (TPSA) is 68.0 Å². The van der Waals surface area contributed by atoms with Gasteiger partial charge in [0, 0.05) is 13.1 Å². The highest BCUT2D eigenvalue weighted by Crippen LogP contribution is 2.25. The van der Waals surface area contributed by atoms with Crippen molar-refractivity contribution in [2.24, 2.45) is 5.73 Å². The van der Waals surface area contributed by atoms with Crippen molar-refractivity contribution in [2.75, 3.05) is 13.1 Å². The number of carbonyl (C=O) groups excluding carboxylic acids is 1. The Morgan fingerprint density at radius 3 is 2.21 bits per heavy atom. The van der Waals surface area contributed by atoms with Crippen LogP contribution in [0.5, 0.6) is 0 Å². The third kappa shape index (κ3) is 7.57. The summed E-state index contributed by atoms with van der Waals surface area (Å²) in [4.78, 5) is 15.3. The first kappa shape index (κ1) is 20.8. The van der Waals surface area contributed by atoms with E-state index in [1.54, 1.807) is 0 Å². The first-order valence-electron chi connectivity index (χ1n) is 6.06. The predicted molar refractivity (Wildman–Crippen MR) is 83.4 cm³/mol. The summed E-state index contributed by atoms with van der Waals surface area (Å²) in [5.41, 5.74) is 5.35. The summed E-state index contributed by atoms with van der Waals surface area (Å²) in [6, 6.07) is 1.35. The molecular weight excluding hydrogens is 309 g/mol. The molecule has 0 atom stereocenters. The van der Waals surface area contributed by atoms with Crippen LogP contribution in [0.15, 0.2) is 6.07 Å². The summed E-state index contributed by atoms with van der Waals surface area (Å²) in [6.07, 6.45) is 0. The highest BCUT2D eigenvalue weighted by molar-refractivity contribution is 6.40. The number of halogens is 3. The zero-order chi connectivity index (χ0) is 15.4. The van der Waals surface area contributed by atoms with Crippen LogP contribution >= 0.6 is 34.8 Å². The molecule has 0 aliphatic heterocycles. The number of nitrogens with one attached hydrogen (secondary N) is 1. The second-order valence-electron chi connectivity index (χ2n) is 2.64. The number of pyridine rings is 1. The van der Waals surface area contributed by atoms with Crippen molar-refractivity contribution < 1.29 is 4.79 Å². The lowest BCUT2D eigenvalue weighted by atomic mass is 10.2. The molecule has 19 heavy (non-hydrogen) atoms. The number of hydrogen-bond donors (Lipinski definition) is 2. The van der Waals surface area contributed by atoms with Gasteiger partial charge in [0.25, 0.3) is 5.91 Å². The third-order valence-corrected chi connectivity index (χ3v) is 2.32. The van der Waals surface area contributed by atoms with E-state index >= 15 is 0 Å². The first-order valence-corrected chi connectivity index (χ1v) is 7.19. The smallest absolute Gasteiger partial charge is 0.255 e. The van der Waals surface area contributed by atoms with E-state index in [1.807, 2.05) is 27.7 Å². The van der Waals surface area contributed by atoms with Crippen molar-refractivity contribution >= 4 is 40.7 Å². The van der Waals surface area contributed by atoms with Gasteiger partial charge in [-0.25, -0.2) is 4.98 Å². The average molecular weight is 329 g/mol. The summed E-state index contributed by atoms with van der Waals surface area (Å²) in [6.45, 7) is 8.68. The van der Waals surface area contributed by atoms with Crippen molar-refractivity contribution in [3.63, 3.8) is 0 Å². The molecule has 1 heterocycles. The van der Waals surface area contributed by atoms with Gasteiger partial charge < -0.3 is 11.1 Å². The molecule has 0 aliphatic carbocycles. The summed E-state index contributed by atoms with van der Waals surface area (Å²) in [7, 11) is 0. The maximum atomic E-state index is 11.5. The van der Waals surface area contributed by atoms with Crippen molar-refractivity contribution in [3.05, 3.63) is 27.0 Å². The molecule has 7 heteroatoms. The lowest BCUT2D eigenvalue weighted by molar-refractivity contribution is 0.0954. The zero-order valence-electron chi connectivity index (χ0n) is 11.6. The Labute approximate surface area is 129 Å². The monoisotopic (exact) mass is 327 g/mol. The van der Waals surface area contributed by atoms with E-state index in [0.29, 0.717) is 13.1 Å². The molecule has 0 radical (unpaired) electrons. The molecule has 3 N–H and O–H groups in total. The van der Waals surface area contributed by atoms with Gasteiger partial charge >= 0.3 is 0 Å². The largest absolute Gasteiger partial charge is 0.351 e. The molecule has 0 aliphatic rings. The van der Waals surface area contributed by atoms with Crippen LogP contribution in [-0.2, 0) is 0 Å². The van der Waals surface area contributed by atoms with Crippen LogP contribution in [0.2, 0.25) is 15.3 Å². The van der Waals surface area contributed by atoms with Crippen LogP contribution in [0, 0.1) is 0 Å². The second-order valence-corrected chi connectivity index (χ2v) is 3.79. The zero-order valence-corrected chi connectivity index (χ0v) is 13.8. The summed E-state index contributed by atoms with van der Waals surface area (Å²) in [5.74, 6) is -0.417. The molecule has 1 aromatic heterocycles. The fourth-order valence-electron chi connectivity index (χ4n) is 0.933. The molecule has 0 fully saturated rings. The molecule has 0 unspecified atom stereocenters. The summed E-state index contributed by atoms with van der Waals surface area (Å²) in [5, 5.41) is 2.81. The van der Waals surface area contributed by atoms with Gasteiger partial charge in [-0.1, -0.05) is 62.5 Å². The number of aromatic nitrogens is 1. The Morgan fingerprint density at radius 2 is 1.79 bits per heavy atom. The van der Waals surface area contributed by atoms with Gasteiger partial charge in [0.2, 0.25) is 0 Å². The van der Waals surface area contributed by atoms with Crippen LogP contribution in [0.4, 0.5) is 0 Å². The van der Waals surface area contributed by atoms with Gasteiger partial charge in [0.1, 0.15) is 10.3 Å². The standard InChI is InChI=1S/C8H8Cl3N3O.2C2H6/c9-4-3-5(10)14-7(11)6(4)8(15)13-2-1-12;2*1-2/h3H,1-2,12H2,(H,13,15);2*1-2H3. The highest BCUT2D eigenvalue weighted by atomic mass is 35.5. The highest BCUT2D eigenvalue weighted by Gasteiger charge is 2.16. The van der Waals surface area contributed by atoms with E-state index in [2.05, 4.69) is 10.3 Å². The fourth-order valence-corrected chi connectivity index (χ4v) is 1.83. The summed E-state index contributed by atoms with van der Waals surface area (Å²) >= 11 is 17.1. The Hall–Kier alpha value is -0.550. The lowest BCUT2D eigenvalue weighted by Crippen LogP contribution is -2.29. The number of hydrogen-bond acceptors (Lipinski definition) is 3. The molecule has 1 aromatic rings. The van der Waals surface area contributed by atoms with E-state index in [-0.39, 0.29) is 20.9 Å². The van der Waals surface area contributed by atoms with E-state index in [9.17, 15) is 4.79 Å². The van der Waals surface area contributed by atoms with Gasteiger partial charge in [0.05, 0.1) is 10.6 Å². The van der Waals surface area contributed by atoms with Crippen LogP contribution < -0.4 is 11.1 Å². The van der Waals surface area contributed by atoms with Crippen molar-refractivity contribution in [1.82, 2.24) is 10.3 Å². The van der Waals surface area contributed by atoms with Crippen LogP contribution in [0.3, 0.4) is 0 Å². The van der Waals surface area contributed by atoms with Crippen molar-refractivity contribution in [3.8, 4) is 0 Å². The minimum Gasteiger partial charge on any atom is -0.351 e. The first-order chi connectivity index (χ1) is 9.06. The minimum absolute atomic E-state index is 0.0259. The summed E-state index contributed by atoms with van der Waals surface area (Å²) < 4.78 is 0. The Bertz CT molecular complexity index is 363. The average Bonchev–Trinajstić information content (AvgIpc) is 2.40. The number of amides is 1. The normalized spacial score (nSPS) is 8.63. The maximum Gasteiger partial charge on any atom is 0.255 e. The Kier molecular flexibility index (Phi) is 13.6. The molecule has 1 amide bonds. The van der Waals surface area contributed by atoms with E-state index < -0.39 is 5.91 Å². The van der Waals surface area contributed by atoms with E-state index in [0.717, 1.165) is 0 Å². The number of carbonyl (C=O) groups is 1. The van der Waals surface area contributed by atoms with Gasteiger partial charge in [-0.15, -0.1) is 0 Å². The van der Waals surface area contributed by atoms with E-state index in [4.69, 9.17) is 40.5 Å². The lowest BCUT2D eigenvalue weighted by Gasteiger charge is -2.07. The third-order valence-electron chi connectivity index (χ3n) is 1.55. The molecule has 0 saturated carbocycles. The molecule has 0 saturated heterocycles. The molecule has 0 aromatic carbocycles. The molecule has 0 spiro atoms. The van der Waals surface area contributed by atoms with Crippen LogP contribution in [0.1, 0.15) is 38.1 Å². The Balaban J connectivity index is 0. The minimum atomic E-state index is -0.417. The quantitative estimate of drug-likeness (QED) is 0.830. The van der Waals surface area contributed by atoms with E-state index in [1.165, 1.54) is 6.07 Å². The van der Waals surface area contributed by atoms with Crippen molar-refractivity contribution in [2.45, 2.75) is 27.7 Å². The number of nitrogens with two attached hydrogens (primary N) is 1. The van der Waals surface area contributed by atoms with Gasteiger partial charge in [-0.2, -0.15) is 0 Å². The molecule has 110 valence electrons. The van der Waals surface area contributed by atoms with Gasteiger partial charge in [-0.05, 0) is 6.07 Å². The predicted octanol–water partition coefficient (Wildman–Crippen LogP) is 3.78. The maximum absolute atomic E-state index is 11.5. The Morgan fingerprint density at radius 1 is 1.26 bits per heavy atom. The van der Waals surface area contributed by atoms with Crippen LogP contribution in [-0.4, -0.2) is 24.0 Å². The number of nitrogens with zero attached hydrogens (tertiary/aromatic N) is 1. The van der Waals surface area contributed by atoms with Gasteiger partial charge in [0.15, 0.2) is 0 Å². The molecular formula is C12H20Cl3N3O. The second kappa shape index (κ2) is 12.5. The SMILES string of the molecule is CC.CC.NCCNC(=O)c1c(Cl)cc(Cl)nc1Cl. The molecule has 0 bridgehead atoms. The number of rotatable bonds is 3. The van der Waals surface area contributed by atoms with Crippen LogP contribution in [0.25, 0.3) is 0 Å².